The molecule has 0 spiro atoms. The summed E-state index contributed by atoms with van der Waals surface area (Å²) in [6.07, 6.45) is -0.0695. The third kappa shape index (κ3) is 4.51. The number of methoxy groups -OCH3 is 1. The van der Waals surface area contributed by atoms with Gasteiger partial charge in [-0.3, -0.25) is 9.59 Å². The first-order valence-electron chi connectivity index (χ1n) is 8.74. The monoisotopic (exact) mass is 388 g/mol. The molecule has 2 heterocycles. The van der Waals surface area contributed by atoms with Gasteiger partial charge in [-0.05, 0) is 31.2 Å². The van der Waals surface area contributed by atoms with Gasteiger partial charge in [-0.2, -0.15) is 0 Å². The summed E-state index contributed by atoms with van der Waals surface area (Å²) in [5, 5.41) is 0. The molecule has 0 bridgehead atoms. The second-order valence-electron chi connectivity index (χ2n) is 6.16. The molecule has 2 aromatic rings. The van der Waals surface area contributed by atoms with E-state index in [4.69, 9.17) is 18.6 Å². The fourth-order valence-electron chi connectivity index (χ4n) is 2.72. The Labute approximate surface area is 161 Å². The van der Waals surface area contributed by atoms with E-state index >= 15 is 0 Å². The number of rotatable bonds is 7. The quantitative estimate of drug-likeness (QED) is 0.527. The molecule has 1 aromatic heterocycles. The maximum absolute atomic E-state index is 12.3. The fourth-order valence-corrected chi connectivity index (χ4v) is 2.72. The van der Waals surface area contributed by atoms with Crippen LogP contribution in [0.25, 0.3) is 0 Å². The van der Waals surface area contributed by atoms with Gasteiger partial charge < -0.3 is 23.4 Å². The van der Waals surface area contributed by atoms with Crippen molar-refractivity contribution < 1.29 is 37.7 Å². The first-order chi connectivity index (χ1) is 13.5. The van der Waals surface area contributed by atoms with Crippen LogP contribution >= 0.6 is 0 Å². The van der Waals surface area contributed by atoms with E-state index in [0.717, 1.165) is 0 Å². The zero-order valence-corrected chi connectivity index (χ0v) is 15.6. The molecular formula is C20H20O8. The van der Waals surface area contributed by atoms with Crippen molar-refractivity contribution in [3.8, 4) is 11.5 Å². The van der Waals surface area contributed by atoms with Crippen molar-refractivity contribution in [2.24, 2.45) is 0 Å². The van der Waals surface area contributed by atoms with Gasteiger partial charge in [0.15, 0.2) is 17.3 Å². The lowest BCUT2D eigenvalue weighted by Crippen LogP contribution is -2.16. The molecule has 0 aliphatic carbocycles. The van der Waals surface area contributed by atoms with Gasteiger partial charge in [0.1, 0.15) is 25.6 Å². The Morgan fingerprint density at radius 1 is 1.04 bits per heavy atom. The van der Waals surface area contributed by atoms with Gasteiger partial charge >= 0.3 is 11.9 Å². The number of benzene rings is 1. The second-order valence-corrected chi connectivity index (χ2v) is 6.16. The average Bonchev–Trinajstić information content (AvgIpc) is 3.10. The molecule has 1 aliphatic heterocycles. The van der Waals surface area contributed by atoms with E-state index in [9.17, 15) is 14.4 Å². The van der Waals surface area contributed by atoms with Crippen LogP contribution < -0.4 is 9.47 Å². The highest BCUT2D eigenvalue weighted by Gasteiger charge is 2.18. The van der Waals surface area contributed by atoms with E-state index in [0.29, 0.717) is 41.6 Å². The number of carbonyl (C=O) groups is 3. The van der Waals surface area contributed by atoms with Gasteiger partial charge in [-0.25, -0.2) is 4.79 Å². The average molecular weight is 388 g/mol. The van der Waals surface area contributed by atoms with Crippen LogP contribution in [0.3, 0.4) is 0 Å². The Morgan fingerprint density at radius 2 is 1.79 bits per heavy atom. The number of esters is 2. The number of aryl methyl sites for hydroxylation is 1. The molecule has 0 N–H and O–H groups in total. The normalized spacial score (nSPS) is 12.4. The van der Waals surface area contributed by atoms with E-state index in [-0.39, 0.29) is 31.0 Å². The molecule has 28 heavy (non-hydrogen) atoms. The minimum atomic E-state index is -0.597. The summed E-state index contributed by atoms with van der Waals surface area (Å²) >= 11 is 0. The molecule has 1 aliphatic rings. The summed E-state index contributed by atoms with van der Waals surface area (Å²) < 4.78 is 25.9. The van der Waals surface area contributed by atoms with E-state index in [1.54, 1.807) is 31.2 Å². The molecule has 8 heteroatoms. The molecule has 0 amide bonds. The second kappa shape index (κ2) is 8.60. The summed E-state index contributed by atoms with van der Waals surface area (Å²) in [6, 6.07) is 6.53. The van der Waals surface area contributed by atoms with Gasteiger partial charge in [0.05, 0.1) is 13.5 Å². The molecule has 1 aromatic carbocycles. The van der Waals surface area contributed by atoms with Crippen LogP contribution in [0.4, 0.5) is 0 Å². The Morgan fingerprint density at radius 3 is 2.54 bits per heavy atom. The van der Waals surface area contributed by atoms with Crippen LogP contribution in [0.1, 0.15) is 45.1 Å². The van der Waals surface area contributed by atoms with E-state index in [2.05, 4.69) is 4.74 Å². The van der Waals surface area contributed by atoms with Crippen LogP contribution in [0, 0.1) is 6.92 Å². The molecule has 0 fully saturated rings. The topological polar surface area (TPSA) is 101 Å². The number of hydrogen-bond acceptors (Lipinski definition) is 8. The number of fused-ring (bicyclic) bond motifs is 1. The predicted octanol–water partition coefficient (Wildman–Crippen LogP) is 2.85. The van der Waals surface area contributed by atoms with Crippen molar-refractivity contribution in [3.05, 3.63) is 46.9 Å². The van der Waals surface area contributed by atoms with Crippen molar-refractivity contribution in [3.63, 3.8) is 0 Å². The smallest absolute Gasteiger partial charge is 0.374 e. The molecule has 8 nitrogen and oxygen atoms in total. The van der Waals surface area contributed by atoms with Gasteiger partial charge in [-0.1, -0.05) is 0 Å². The Kier molecular flexibility index (Phi) is 5.98. The van der Waals surface area contributed by atoms with Crippen LogP contribution in [0.2, 0.25) is 0 Å². The molecular weight excluding hydrogens is 368 g/mol. The minimum Gasteiger partial charge on any atom is -0.486 e. The molecule has 0 atom stereocenters. The zero-order chi connectivity index (χ0) is 20.1. The Bertz CT molecular complexity index is 896. The molecule has 0 radical (unpaired) electrons. The summed E-state index contributed by atoms with van der Waals surface area (Å²) in [7, 11) is 1.25. The fraction of sp³-hybridized carbons (Fsp3) is 0.350. The van der Waals surface area contributed by atoms with E-state index in [1.165, 1.54) is 7.11 Å². The van der Waals surface area contributed by atoms with Crippen LogP contribution in [0.15, 0.2) is 28.7 Å². The number of ether oxygens (including phenoxy) is 4. The van der Waals surface area contributed by atoms with Crippen LogP contribution in [-0.4, -0.2) is 38.0 Å². The lowest BCUT2D eigenvalue weighted by atomic mass is 10.1. The highest BCUT2D eigenvalue weighted by atomic mass is 16.6. The van der Waals surface area contributed by atoms with Gasteiger partial charge in [-0.15, -0.1) is 0 Å². The highest BCUT2D eigenvalue weighted by molar-refractivity contribution is 5.98. The lowest BCUT2D eigenvalue weighted by Gasteiger charge is -2.18. The predicted molar refractivity (Wildman–Crippen MR) is 95.6 cm³/mol. The first kappa shape index (κ1) is 19.5. The van der Waals surface area contributed by atoms with Crippen LogP contribution in [-0.2, 0) is 20.9 Å². The van der Waals surface area contributed by atoms with Gasteiger partial charge in [0.2, 0.25) is 5.76 Å². The van der Waals surface area contributed by atoms with Crippen molar-refractivity contribution in [2.75, 3.05) is 20.3 Å². The molecule has 0 saturated carbocycles. The highest BCUT2D eigenvalue weighted by Crippen LogP contribution is 2.31. The summed E-state index contributed by atoms with van der Waals surface area (Å²) in [5.74, 6) is 0.179. The largest absolute Gasteiger partial charge is 0.486 e. The van der Waals surface area contributed by atoms with Crippen molar-refractivity contribution in [2.45, 2.75) is 26.4 Å². The third-order valence-corrected chi connectivity index (χ3v) is 4.14. The first-order valence-corrected chi connectivity index (χ1v) is 8.74. The van der Waals surface area contributed by atoms with E-state index in [1.807, 2.05) is 0 Å². The number of carbonyl (C=O) groups excluding carboxylic acids is 3. The standard InChI is InChI=1S/C20H20O8/c1-12-9-14(28-19(12)20(23)24-2)11-27-18(22)6-4-15(21)13-3-5-16-17(10-13)26-8-7-25-16/h3,5,9-10H,4,6-8,11H2,1-2H3. The van der Waals surface area contributed by atoms with Crippen molar-refractivity contribution >= 4 is 17.7 Å². The maximum Gasteiger partial charge on any atom is 0.374 e. The van der Waals surface area contributed by atoms with Crippen molar-refractivity contribution in [1.29, 1.82) is 0 Å². The number of furan rings is 1. The van der Waals surface area contributed by atoms with Gasteiger partial charge in [0.25, 0.3) is 0 Å². The minimum absolute atomic E-state index is 0.00305. The lowest BCUT2D eigenvalue weighted by molar-refractivity contribution is -0.145. The summed E-state index contributed by atoms with van der Waals surface area (Å²) in [4.78, 5) is 35.7. The Balaban J connectivity index is 1.49. The van der Waals surface area contributed by atoms with Crippen LogP contribution in [0.5, 0.6) is 11.5 Å². The molecule has 148 valence electrons. The Hall–Kier alpha value is -3.29. The zero-order valence-electron chi connectivity index (χ0n) is 15.6. The van der Waals surface area contributed by atoms with Gasteiger partial charge in [0, 0.05) is 17.5 Å². The molecule has 3 rings (SSSR count). The summed E-state index contributed by atoms with van der Waals surface area (Å²) in [5.41, 5.74) is 1.04. The van der Waals surface area contributed by atoms with E-state index < -0.39 is 11.9 Å². The maximum atomic E-state index is 12.3. The SMILES string of the molecule is COC(=O)c1oc(COC(=O)CCC(=O)c2ccc3c(c2)OCCO3)cc1C. The molecule has 0 unspecified atom stereocenters. The third-order valence-electron chi connectivity index (χ3n) is 4.14. The number of Topliss-reactive ketones (excluding diaryl/α,β-unsaturated/α-hetero) is 1. The summed E-state index contributed by atoms with van der Waals surface area (Å²) in [6.45, 7) is 2.46. The molecule has 0 saturated heterocycles. The number of ketones is 1. The number of hydrogen-bond donors (Lipinski definition) is 0. The van der Waals surface area contributed by atoms with Crippen molar-refractivity contribution in [1.82, 2.24) is 0 Å².